The minimum absolute atomic E-state index is 0.151. The molecule has 0 fully saturated rings. The molecular weight excluding hydrogens is 410 g/mol. The zero-order valence-corrected chi connectivity index (χ0v) is 17.7. The van der Waals surface area contributed by atoms with E-state index in [0.29, 0.717) is 28.5 Å². The van der Waals surface area contributed by atoms with E-state index in [1.54, 1.807) is 66.7 Å². The van der Waals surface area contributed by atoms with Crippen molar-refractivity contribution < 1.29 is 23.8 Å². The van der Waals surface area contributed by atoms with E-state index in [1.165, 1.54) is 20.4 Å². The van der Waals surface area contributed by atoms with Gasteiger partial charge >= 0.3 is 0 Å². The number of nitrogens with one attached hydrogen (secondary N) is 2. The summed E-state index contributed by atoms with van der Waals surface area (Å²) in [5.74, 6) is 1.04. The van der Waals surface area contributed by atoms with E-state index in [1.807, 2.05) is 6.07 Å². The highest BCUT2D eigenvalue weighted by Gasteiger charge is 2.08. The second kappa shape index (κ2) is 11.2. The van der Waals surface area contributed by atoms with Crippen LogP contribution in [0.4, 0.5) is 5.69 Å². The highest BCUT2D eigenvalue weighted by atomic mass is 16.5. The summed E-state index contributed by atoms with van der Waals surface area (Å²) in [7, 11) is 3.08. The Labute approximate surface area is 185 Å². The molecule has 0 unspecified atom stereocenters. The molecule has 3 aromatic carbocycles. The van der Waals surface area contributed by atoms with Crippen LogP contribution in [0.5, 0.6) is 17.2 Å². The number of rotatable bonds is 9. The van der Waals surface area contributed by atoms with Crippen LogP contribution in [0, 0.1) is 0 Å². The van der Waals surface area contributed by atoms with Crippen molar-refractivity contribution in [3.05, 3.63) is 83.9 Å². The van der Waals surface area contributed by atoms with Crippen molar-refractivity contribution in [2.45, 2.75) is 0 Å². The molecule has 2 N–H and O–H groups in total. The summed E-state index contributed by atoms with van der Waals surface area (Å²) in [5.41, 5.74) is 4.23. The quantitative estimate of drug-likeness (QED) is 0.398. The second-order valence-electron chi connectivity index (χ2n) is 6.54. The second-order valence-corrected chi connectivity index (χ2v) is 6.54. The molecule has 0 radical (unpaired) electrons. The van der Waals surface area contributed by atoms with Crippen LogP contribution in [0.3, 0.4) is 0 Å². The Hall–Kier alpha value is -4.33. The zero-order valence-electron chi connectivity index (χ0n) is 17.7. The van der Waals surface area contributed by atoms with Crippen LogP contribution in [0.1, 0.15) is 15.9 Å². The first-order valence-electron chi connectivity index (χ1n) is 9.72. The molecular formula is C24H23N3O5. The first-order chi connectivity index (χ1) is 15.6. The van der Waals surface area contributed by atoms with Gasteiger partial charge in [0.1, 0.15) is 17.2 Å². The maximum Gasteiger partial charge on any atom is 0.271 e. The number of carbonyl (C=O) groups is 2. The lowest BCUT2D eigenvalue weighted by atomic mass is 10.2. The first kappa shape index (κ1) is 22.4. The van der Waals surface area contributed by atoms with Crippen molar-refractivity contribution in [1.29, 1.82) is 0 Å². The summed E-state index contributed by atoms with van der Waals surface area (Å²) in [6.45, 7) is -0.151. The SMILES string of the molecule is COc1cccc(C(=O)N/N=C\c2ccc(OCC(=O)Nc3ccccc3OC)cc2)c1. The Bertz CT molecular complexity index is 1100. The average Bonchev–Trinajstić information content (AvgIpc) is 2.84. The van der Waals surface area contributed by atoms with Gasteiger partial charge in [0, 0.05) is 5.56 Å². The van der Waals surface area contributed by atoms with Gasteiger partial charge in [-0.2, -0.15) is 5.10 Å². The van der Waals surface area contributed by atoms with Gasteiger partial charge in [-0.05, 0) is 60.2 Å². The van der Waals surface area contributed by atoms with Crippen molar-refractivity contribution in [2.24, 2.45) is 5.10 Å². The molecule has 0 atom stereocenters. The number of hydrogen-bond donors (Lipinski definition) is 2. The predicted molar refractivity (Wildman–Crippen MR) is 122 cm³/mol. The van der Waals surface area contributed by atoms with Gasteiger partial charge in [0.05, 0.1) is 26.1 Å². The Kier molecular flexibility index (Phi) is 7.80. The number of anilines is 1. The molecule has 164 valence electrons. The number of amides is 2. The van der Waals surface area contributed by atoms with E-state index in [2.05, 4.69) is 15.8 Å². The molecule has 8 heteroatoms. The molecule has 0 heterocycles. The normalized spacial score (nSPS) is 10.4. The van der Waals surface area contributed by atoms with Crippen molar-refractivity contribution >= 4 is 23.7 Å². The molecule has 32 heavy (non-hydrogen) atoms. The van der Waals surface area contributed by atoms with Crippen molar-refractivity contribution in [3.63, 3.8) is 0 Å². The van der Waals surface area contributed by atoms with E-state index >= 15 is 0 Å². The number of ether oxygens (including phenoxy) is 3. The molecule has 0 aliphatic rings. The van der Waals surface area contributed by atoms with Gasteiger partial charge in [0.2, 0.25) is 0 Å². The van der Waals surface area contributed by atoms with Crippen LogP contribution >= 0.6 is 0 Å². The van der Waals surface area contributed by atoms with E-state index in [4.69, 9.17) is 14.2 Å². The number of hydrogen-bond acceptors (Lipinski definition) is 6. The summed E-state index contributed by atoms with van der Waals surface area (Å²) in [6.07, 6.45) is 1.51. The molecule has 3 rings (SSSR count). The van der Waals surface area contributed by atoms with Gasteiger partial charge in [-0.25, -0.2) is 5.43 Å². The molecule has 0 saturated heterocycles. The lowest BCUT2D eigenvalue weighted by molar-refractivity contribution is -0.118. The van der Waals surface area contributed by atoms with Gasteiger partial charge in [-0.3, -0.25) is 9.59 Å². The van der Waals surface area contributed by atoms with Crippen LogP contribution in [0.15, 0.2) is 77.9 Å². The van der Waals surface area contributed by atoms with Crippen LogP contribution in [-0.2, 0) is 4.79 Å². The monoisotopic (exact) mass is 433 g/mol. The lowest BCUT2D eigenvalue weighted by Crippen LogP contribution is -2.20. The van der Waals surface area contributed by atoms with Gasteiger partial charge < -0.3 is 19.5 Å². The highest BCUT2D eigenvalue weighted by molar-refractivity contribution is 5.95. The number of benzene rings is 3. The van der Waals surface area contributed by atoms with Crippen molar-refractivity contribution in [2.75, 3.05) is 26.1 Å². The van der Waals surface area contributed by atoms with Crippen LogP contribution < -0.4 is 25.0 Å². The molecule has 8 nitrogen and oxygen atoms in total. The number of methoxy groups -OCH3 is 2. The third-order valence-corrected chi connectivity index (χ3v) is 4.34. The third-order valence-electron chi connectivity index (χ3n) is 4.34. The van der Waals surface area contributed by atoms with Crippen LogP contribution in [-0.4, -0.2) is 38.9 Å². The maximum atomic E-state index is 12.1. The van der Waals surface area contributed by atoms with Gasteiger partial charge in [0.25, 0.3) is 11.8 Å². The summed E-state index contributed by atoms with van der Waals surface area (Å²) >= 11 is 0. The molecule has 0 aromatic heterocycles. The summed E-state index contributed by atoms with van der Waals surface area (Å²) in [5, 5.41) is 6.70. The molecule has 0 saturated carbocycles. The fourth-order valence-corrected chi connectivity index (χ4v) is 2.73. The highest BCUT2D eigenvalue weighted by Crippen LogP contribution is 2.23. The first-order valence-corrected chi connectivity index (χ1v) is 9.72. The minimum Gasteiger partial charge on any atom is -0.497 e. The number of hydrazone groups is 1. The third kappa shape index (κ3) is 6.33. The Morgan fingerprint density at radius 2 is 1.69 bits per heavy atom. The van der Waals surface area contributed by atoms with Crippen LogP contribution in [0.25, 0.3) is 0 Å². The number of para-hydroxylation sites is 2. The number of nitrogens with zero attached hydrogens (tertiary/aromatic N) is 1. The van der Waals surface area contributed by atoms with Crippen molar-refractivity contribution in [1.82, 2.24) is 5.43 Å². The average molecular weight is 433 g/mol. The Morgan fingerprint density at radius 1 is 0.906 bits per heavy atom. The minimum atomic E-state index is -0.346. The van der Waals surface area contributed by atoms with E-state index in [-0.39, 0.29) is 18.4 Å². The lowest BCUT2D eigenvalue weighted by Gasteiger charge is -2.10. The molecule has 0 bridgehead atoms. The molecule has 3 aromatic rings. The van der Waals surface area contributed by atoms with Gasteiger partial charge in [-0.15, -0.1) is 0 Å². The Balaban J connectivity index is 1.48. The van der Waals surface area contributed by atoms with Crippen molar-refractivity contribution in [3.8, 4) is 17.2 Å². The van der Waals surface area contributed by atoms with Gasteiger partial charge in [-0.1, -0.05) is 18.2 Å². The molecule has 2 amide bonds. The topological polar surface area (TPSA) is 98.3 Å². The van der Waals surface area contributed by atoms with E-state index in [9.17, 15) is 9.59 Å². The maximum absolute atomic E-state index is 12.1. The van der Waals surface area contributed by atoms with E-state index < -0.39 is 0 Å². The molecule has 0 spiro atoms. The standard InChI is InChI=1S/C24H23N3O5/c1-30-20-7-5-6-18(14-20)24(29)27-25-15-17-10-12-19(13-11-17)32-16-23(28)26-21-8-3-4-9-22(21)31-2/h3-15H,16H2,1-2H3,(H,26,28)(H,27,29)/b25-15-. The Morgan fingerprint density at radius 3 is 2.44 bits per heavy atom. The predicted octanol–water partition coefficient (Wildman–Crippen LogP) is 3.49. The fourth-order valence-electron chi connectivity index (χ4n) is 2.73. The summed E-state index contributed by atoms with van der Waals surface area (Å²) in [4.78, 5) is 24.3. The van der Waals surface area contributed by atoms with E-state index in [0.717, 1.165) is 5.56 Å². The van der Waals surface area contributed by atoms with Gasteiger partial charge in [0.15, 0.2) is 6.61 Å². The largest absolute Gasteiger partial charge is 0.497 e. The fraction of sp³-hybridized carbons (Fsp3) is 0.125. The molecule has 0 aliphatic heterocycles. The van der Waals surface area contributed by atoms with Crippen LogP contribution in [0.2, 0.25) is 0 Å². The number of carbonyl (C=O) groups excluding carboxylic acids is 2. The smallest absolute Gasteiger partial charge is 0.271 e. The molecule has 0 aliphatic carbocycles. The zero-order chi connectivity index (χ0) is 22.8. The summed E-state index contributed by atoms with van der Waals surface area (Å²) < 4.78 is 15.8. The summed E-state index contributed by atoms with van der Waals surface area (Å²) in [6, 6.07) is 20.8.